The fraction of sp³-hybridized carbons (Fsp3) is 0.167. The van der Waals surface area contributed by atoms with Gasteiger partial charge in [0.1, 0.15) is 5.82 Å². The van der Waals surface area contributed by atoms with Crippen LogP contribution in [0, 0.1) is 6.92 Å². The zero-order valence-corrected chi connectivity index (χ0v) is 17.1. The minimum absolute atomic E-state index is 0.0966. The average molecular weight is 404 g/mol. The number of amides is 1. The lowest BCUT2D eigenvalue weighted by Crippen LogP contribution is -2.29. The van der Waals surface area contributed by atoms with Crippen LogP contribution in [0.1, 0.15) is 40.3 Å². The van der Waals surface area contributed by atoms with Gasteiger partial charge in [0, 0.05) is 17.1 Å². The van der Waals surface area contributed by atoms with Gasteiger partial charge in [-0.1, -0.05) is 54.1 Å². The number of hydrogen-bond donors (Lipinski definition) is 1. The van der Waals surface area contributed by atoms with E-state index in [1.54, 1.807) is 0 Å². The maximum Gasteiger partial charge on any atom is 0.252 e. The SMILES string of the molecule is Cc1ccccc1C(=O)N[C@@H](C)c1nc2ccccc2n1Cc1ccc(Cl)cc1. The predicted molar refractivity (Wildman–Crippen MR) is 117 cm³/mol. The first-order valence-electron chi connectivity index (χ1n) is 9.59. The Morgan fingerprint density at radius 2 is 1.72 bits per heavy atom. The van der Waals surface area contributed by atoms with Gasteiger partial charge in [-0.3, -0.25) is 4.79 Å². The number of imidazole rings is 1. The molecule has 0 saturated heterocycles. The summed E-state index contributed by atoms with van der Waals surface area (Å²) in [6.07, 6.45) is 0. The summed E-state index contributed by atoms with van der Waals surface area (Å²) in [5, 5.41) is 3.82. The van der Waals surface area contributed by atoms with Crippen LogP contribution >= 0.6 is 11.6 Å². The highest BCUT2D eigenvalue weighted by molar-refractivity contribution is 6.30. The molecule has 4 rings (SSSR count). The topological polar surface area (TPSA) is 46.9 Å². The maximum absolute atomic E-state index is 12.8. The third-order valence-corrected chi connectivity index (χ3v) is 5.31. The lowest BCUT2D eigenvalue weighted by atomic mass is 10.1. The van der Waals surface area contributed by atoms with Crippen molar-refractivity contribution in [1.82, 2.24) is 14.9 Å². The number of aryl methyl sites for hydroxylation is 1. The highest BCUT2D eigenvalue weighted by Crippen LogP contribution is 2.23. The summed E-state index contributed by atoms with van der Waals surface area (Å²) >= 11 is 6.03. The van der Waals surface area contributed by atoms with Crippen molar-refractivity contribution in [3.8, 4) is 0 Å². The normalized spacial score (nSPS) is 12.1. The van der Waals surface area contributed by atoms with Gasteiger partial charge in [0.05, 0.1) is 17.1 Å². The van der Waals surface area contributed by atoms with E-state index in [9.17, 15) is 4.79 Å². The highest BCUT2D eigenvalue weighted by Gasteiger charge is 2.20. The van der Waals surface area contributed by atoms with Gasteiger partial charge >= 0.3 is 0 Å². The summed E-state index contributed by atoms with van der Waals surface area (Å²) in [5.41, 5.74) is 4.70. The molecule has 0 bridgehead atoms. The van der Waals surface area contributed by atoms with E-state index in [1.807, 2.05) is 80.6 Å². The van der Waals surface area contributed by atoms with Gasteiger partial charge in [-0.05, 0) is 55.3 Å². The average Bonchev–Trinajstić information content (AvgIpc) is 3.08. The third-order valence-electron chi connectivity index (χ3n) is 5.06. The van der Waals surface area contributed by atoms with Gasteiger partial charge in [0.2, 0.25) is 0 Å². The first kappa shape index (κ1) is 19.2. The Labute approximate surface area is 175 Å². The van der Waals surface area contributed by atoms with Gasteiger partial charge in [0.25, 0.3) is 5.91 Å². The number of benzene rings is 3. The molecule has 1 amide bonds. The van der Waals surface area contributed by atoms with E-state index < -0.39 is 0 Å². The summed E-state index contributed by atoms with van der Waals surface area (Å²) < 4.78 is 2.15. The predicted octanol–water partition coefficient (Wildman–Crippen LogP) is 5.54. The molecule has 0 fully saturated rings. The van der Waals surface area contributed by atoms with Crippen LogP contribution in [0.3, 0.4) is 0 Å². The molecule has 1 aromatic heterocycles. The lowest BCUT2D eigenvalue weighted by molar-refractivity contribution is 0.0937. The van der Waals surface area contributed by atoms with Crippen molar-refractivity contribution in [2.24, 2.45) is 0 Å². The standard InChI is InChI=1S/C24H22ClN3O/c1-16-7-3-4-8-20(16)24(29)26-17(2)23-27-21-9-5-6-10-22(21)28(23)15-18-11-13-19(25)14-12-18/h3-14,17H,15H2,1-2H3,(H,26,29)/t17-/m0/s1. The van der Waals surface area contributed by atoms with Crippen LogP contribution in [0.25, 0.3) is 11.0 Å². The zero-order chi connectivity index (χ0) is 20.4. The number of nitrogens with one attached hydrogen (secondary N) is 1. The van der Waals surface area contributed by atoms with E-state index in [4.69, 9.17) is 16.6 Å². The van der Waals surface area contributed by atoms with Crippen molar-refractivity contribution in [2.45, 2.75) is 26.4 Å². The molecule has 0 aliphatic heterocycles. The number of fused-ring (bicyclic) bond motifs is 1. The van der Waals surface area contributed by atoms with E-state index >= 15 is 0 Å². The maximum atomic E-state index is 12.8. The summed E-state index contributed by atoms with van der Waals surface area (Å²) in [6.45, 7) is 4.56. The molecule has 0 aliphatic rings. The largest absolute Gasteiger partial charge is 0.342 e. The van der Waals surface area contributed by atoms with Gasteiger partial charge in [-0.15, -0.1) is 0 Å². The number of carbonyl (C=O) groups is 1. The molecule has 146 valence electrons. The second-order valence-corrected chi connectivity index (χ2v) is 7.62. The molecule has 29 heavy (non-hydrogen) atoms. The quantitative estimate of drug-likeness (QED) is 0.475. The van der Waals surface area contributed by atoms with Crippen molar-refractivity contribution in [1.29, 1.82) is 0 Å². The molecular formula is C24H22ClN3O. The van der Waals surface area contributed by atoms with Gasteiger partial charge in [0.15, 0.2) is 0 Å². The van der Waals surface area contributed by atoms with Crippen LogP contribution in [0.5, 0.6) is 0 Å². The summed E-state index contributed by atoms with van der Waals surface area (Å²) in [6, 6.07) is 23.2. The Bertz CT molecular complexity index is 1160. The summed E-state index contributed by atoms with van der Waals surface area (Å²) in [4.78, 5) is 17.6. The first-order valence-corrected chi connectivity index (χ1v) is 9.97. The minimum Gasteiger partial charge on any atom is -0.342 e. The van der Waals surface area contributed by atoms with Crippen LogP contribution in [0.15, 0.2) is 72.8 Å². The van der Waals surface area contributed by atoms with E-state index in [0.29, 0.717) is 17.1 Å². The number of hydrogen-bond acceptors (Lipinski definition) is 2. The van der Waals surface area contributed by atoms with Crippen LogP contribution in [0.4, 0.5) is 0 Å². The fourth-order valence-corrected chi connectivity index (χ4v) is 3.66. The number of nitrogens with zero attached hydrogens (tertiary/aromatic N) is 2. The molecule has 0 saturated carbocycles. The van der Waals surface area contributed by atoms with Gasteiger partial charge in [-0.25, -0.2) is 4.98 Å². The van der Waals surface area contributed by atoms with E-state index in [0.717, 1.165) is 28.0 Å². The van der Waals surface area contributed by atoms with Gasteiger partial charge < -0.3 is 9.88 Å². The van der Waals surface area contributed by atoms with E-state index in [-0.39, 0.29) is 11.9 Å². The molecule has 4 nitrogen and oxygen atoms in total. The molecular weight excluding hydrogens is 382 g/mol. The van der Waals surface area contributed by atoms with Crippen molar-refractivity contribution in [3.63, 3.8) is 0 Å². The number of carbonyl (C=O) groups excluding carboxylic acids is 1. The smallest absolute Gasteiger partial charge is 0.252 e. The van der Waals surface area contributed by atoms with Crippen LogP contribution in [-0.4, -0.2) is 15.5 Å². The minimum atomic E-state index is -0.248. The Kier molecular flexibility index (Phi) is 5.36. The second kappa shape index (κ2) is 8.10. The van der Waals surface area contributed by atoms with Crippen molar-refractivity contribution >= 4 is 28.5 Å². The third kappa shape index (κ3) is 4.03. The molecule has 5 heteroatoms. The lowest BCUT2D eigenvalue weighted by Gasteiger charge is -2.17. The molecule has 0 unspecified atom stereocenters. The molecule has 0 spiro atoms. The molecule has 1 atom stereocenters. The summed E-state index contributed by atoms with van der Waals surface area (Å²) in [5.74, 6) is 0.726. The monoisotopic (exact) mass is 403 g/mol. The second-order valence-electron chi connectivity index (χ2n) is 7.18. The highest BCUT2D eigenvalue weighted by atomic mass is 35.5. The first-order chi connectivity index (χ1) is 14.0. The van der Waals surface area contributed by atoms with Gasteiger partial charge in [-0.2, -0.15) is 0 Å². The molecule has 3 aromatic carbocycles. The van der Waals surface area contributed by atoms with Crippen LogP contribution in [0.2, 0.25) is 5.02 Å². The number of halogens is 1. The van der Waals surface area contributed by atoms with Crippen molar-refractivity contribution in [2.75, 3.05) is 0 Å². The Morgan fingerprint density at radius 1 is 1.03 bits per heavy atom. The Balaban J connectivity index is 1.68. The summed E-state index contributed by atoms with van der Waals surface area (Å²) in [7, 11) is 0. The number of aromatic nitrogens is 2. The zero-order valence-electron chi connectivity index (χ0n) is 16.4. The molecule has 0 radical (unpaired) electrons. The van der Waals surface area contributed by atoms with E-state index in [2.05, 4.69) is 16.0 Å². The van der Waals surface area contributed by atoms with Crippen LogP contribution < -0.4 is 5.32 Å². The van der Waals surface area contributed by atoms with Crippen LogP contribution in [-0.2, 0) is 6.54 Å². The molecule has 4 aromatic rings. The van der Waals surface area contributed by atoms with Crippen molar-refractivity contribution in [3.05, 3.63) is 100 Å². The molecule has 0 aliphatic carbocycles. The Hall–Kier alpha value is -3.11. The van der Waals surface area contributed by atoms with E-state index in [1.165, 1.54) is 0 Å². The fourth-order valence-electron chi connectivity index (χ4n) is 3.53. The number of para-hydroxylation sites is 2. The van der Waals surface area contributed by atoms with Crippen molar-refractivity contribution < 1.29 is 4.79 Å². The number of rotatable bonds is 5. The molecule has 1 N–H and O–H groups in total. The Morgan fingerprint density at radius 3 is 2.48 bits per heavy atom. The molecule has 1 heterocycles.